The molecule has 6 heteroatoms. The van der Waals surface area contributed by atoms with Gasteiger partial charge in [0.15, 0.2) is 0 Å². The number of ether oxygens (including phenoxy) is 1. The summed E-state index contributed by atoms with van der Waals surface area (Å²) in [7, 11) is 0. The second kappa shape index (κ2) is 9.22. The highest BCUT2D eigenvalue weighted by Crippen LogP contribution is 2.32. The van der Waals surface area contributed by atoms with Gasteiger partial charge < -0.3 is 15.0 Å². The van der Waals surface area contributed by atoms with Crippen molar-refractivity contribution in [3.63, 3.8) is 0 Å². The van der Waals surface area contributed by atoms with Gasteiger partial charge in [0.2, 0.25) is 0 Å². The lowest BCUT2D eigenvalue weighted by Gasteiger charge is -2.37. The van der Waals surface area contributed by atoms with Crippen LogP contribution >= 0.6 is 11.3 Å². The summed E-state index contributed by atoms with van der Waals surface area (Å²) in [6.07, 6.45) is 2.03. The number of piperazine rings is 1. The Bertz CT molecular complexity index is 1230. The minimum atomic E-state index is -0.125. The lowest BCUT2D eigenvalue weighted by atomic mass is 9.99. The van der Waals surface area contributed by atoms with Gasteiger partial charge in [-0.3, -0.25) is 9.69 Å². The molecule has 0 radical (unpaired) electrons. The molecule has 5 nitrogen and oxygen atoms in total. The van der Waals surface area contributed by atoms with Gasteiger partial charge in [-0.1, -0.05) is 24.3 Å². The van der Waals surface area contributed by atoms with Gasteiger partial charge in [-0.15, -0.1) is 11.3 Å². The fraction of sp³-hybridized carbons (Fsp3) is 0.320. The minimum absolute atomic E-state index is 0.125. The average Bonchev–Trinajstić information content (AvgIpc) is 3.28. The molecule has 0 bridgehead atoms. The Balaban J connectivity index is 1.20. The lowest BCUT2D eigenvalue weighted by Crippen LogP contribution is -2.46. The van der Waals surface area contributed by atoms with Crippen molar-refractivity contribution in [2.75, 3.05) is 32.8 Å². The Morgan fingerprint density at radius 1 is 1.06 bits per heavy atom. The van der Waals surface area contributed by atoms with Crippen molar-refractivity contribution in [3.05, 3.63) is 75.9 Å². The molecule has 1 atom stereocenters. The van der Waals surface area contributed by atoms with E-state index in [2.05, 4.69) is 44.8 Å². The van der Waals surface area contributed by atoms with E-state index >= 15 is 0 Å². The van der Waals surface area contributed by atoms with Crippen LogP contribution in [0, 0.1) is 0 Å². The van der Waals surface area contributed by atoms with E-state index in [4.69, 9.17) is 4.74 Å². The Kier molecular flexibility index (Phi) is 6.02. The molecule has 2 N–H and O–H groups in total. The SMILES string of the molecule is O=c1cc(OCCCCN2CCNCC2c2cccc3sccc23)c2ccccc2[nH]1. The lowest BCUT2D eigenvalue weighted by molar-refractivity contribution is 0.156. The largest absolute Gasteiger partial charge is 0.493 e. The van der Waals surface area contributed by atoms with Gasteiger partial charge in [-0.2, -0.15) is 0 Å². The van der Waals surface area contributed by atoms with E-state index in [1.54, 1.807) is 6.07 Å². The molecule has 1 fully saturated rings. The van der Waals surface area contributed by atoms with Crippen LogP contribution in [-0.4, -0.2) is 42.7 Å². The number of fused-ring (bicyclic) bond motifs is 2. The molecule has 3 heterocycles. The summed E-state index contributed by atoms with van der Waals surface area (Å²) in [4.78, 5) is 17.4. The fourth-order valence-corrected chi connectivity index (χ4v) is 5.34. The zero-order valence-electron chi connectivity index (χ0n) is 17.5. The number of hydrogen-bond acceptors (Lipinski definition) is 5. The number of benzene rings is 2. The van der Waals surface area contributed by atoms with Crippen molar-refractivity contribution in [1.29, 1.82) is 0 Å². The fourth-order valence-electron chi connectivity index (χ4n) is 4.52. The molecule has 31 heavy (non-hydrogen) atoms. The predicted molar refractivity (Wildman–Crippen MR) is 128 cm³/mol. The number of unbranched alkanes of at least 4 members (excludes halogenated alkanes) is 1. The maximum Gasteiger partial charge on any atom is 0.252 e. The van der Waals surface area contributed by atoms with Crippen molar-refractivity contribution in [2.45, 2.75) is 18.9 Å². The summed E-state index contributed by atoms with van der Waals surface area (Å²) in [5.74, 6) is 0.670. The van der Waals surface area contributed by atoms with E-state index in [0.29, 0.717) is 18.4 Å². The molecular formula is C25H27N3O2S. The standard InChI is InChI=1S/C25H27N3O2S/c29-25-16-23(20-6-1-2-8-21(20)27-25)30-14-4-3-12-28-13-11-26-17-22(28)18-7-5-9-24-19(18)10-15-31-24/h1-2,5-10,15-16,22,26H,3-4,11-14,17H2,(H,27,29). The van der Waals surface area contributed by atoms with Gasteiger partial charge in [-0.05, 0) is 60.0 Å². The first kappa shape index (κ1) is 20.2. The summed E-state index contributed by atoms with van der Waals surface area (Å²) in [5.41, 5.74) is 2.12. The van der Waals surface area contributed by atoms with Crippen molar-refractivity contribution >= 4 is 32.3 Å². The molecular weight excluding hydrogens is 406 g/mol. The van der Waals surface area contributed by atoms with Gasteiger partial charge in [0.05, 0.1) is 12.1 Å². The van der Waals surface area contributed by atoms with Gasteiger partial charge in [0.25, 0.3) is 5.56 Å². The topological polar surface area (TPSA) is 57.4 Å². The van der Waals surface area contributed by atoms with Crippen LogP contribution < -0.4 is 15.6 Å². The first-order valence-electron chi connectivity index (χ1n) is 11.0. The summed E-state index contributed by atoms with van der Waals surface area (Å²) >= 11 is 1.81. The molecule has 2 aromatic heterocycles. The first-order valence-corrected chi connectivity index (χ1v) is 11.8. The smallest absolute Gasteiger partial charge is 0.252 e. The highest BCUT2D eigenvalue weighted by atomic mass is 32.1. The Morgan fingerprint density at radius 3 is 2.97 bits per heavy atom. The third-order valence-electron chi connectivity index (χ3n) is 6.05. The van der Waals surface area contributed by atoms with E-state index in [9.17, 15) is 4.79 Å². The Hall–Kier alpha value is -2.67. The van der Waals surface area contributed by atoms with Crippen LogP contribution in [0.1, 0.15) is 24.4 Å². The maximum atomic E-state index is 11.9. The first-order chi connectivity index (χ1) is 15.3. The second-order valence-corrected chi connectivity index (χ2v) is 8.98. The van der Waals surface area contributed by atoms with E-state index in [1.807, 2.05) is 35.6 Å². The third-order valence-corrected chi connectivity index (χ3v) is 6.93. The number of nitrogens with one attached hydrogen (secondary N) is 2. The second-order valence-electron chi connectivity index (χ2n) is 8.03. The highest BCUT2D eigenvalue weighted by molar-refractivity contribution is 7.17. The predicted octanol–water partition coefficient (Wildman–Crippen LogP) is 4.55. The zero-order chi connectivity index (χ0) is 21.0. The van der Waals surface area contributed by atoms with Crippen LogP contribution in [0.15, 0.2) is 64.8 Å². The van der Waals surface area contributed by atoms with Gasteiger partial charge in [-0.25, -0.2) is 0 Å². The molecule has 1 unspecified atom stereocenters. The van der Waals surface area contributed by atoms with Crippen molar-refractivity contribution < 1.29 is 4.74 Å². The van der Waals surface area contributed by atoms with Crippen LogP contribution in [0.4, 0.5) is 0 Å². The van der Waals surface area contributed by atoms with Gasteiger partial charge in [0, 0.05) is 41.8 Å². The number of hydrogen-bond donors (Lipinski definition) is 2. The van der Waals surface area contributed by atoms with E-state index < -0.39 is 0 Å². The summed E-state index contributed by atoms with van der Waals surface area (Å²) < 4.78 is 7.36. The number of aromatic nitrogens is 1. The maximum absolute atomic E-state index is 11.9. The molecule has 0 saturated carbocycles. The molecule has 0 amide bonds. The minimum Gasteiger partial charge on any atom is -0.493 e. The number of H-pyrrole nitrogens is 1. The normalized spacial score (nSPS) is 17.4. The van der Waals surface area contributed by atoms with E-state index in [-0.39, 0.29) is 5.56 Å². The van der Waals surface area contributed by atoms with E-state index in [0.717, 1.165) is 49.9 Å². The molecule has 0 aliphatic carbocycles. The molecule has 5 rings (SSSR count). The molecule has 1 aliphatic heterocycles. The zero-order valence-corrected chi connectivity index (χ0v) is 18.3. The number of aromatic amines is 1. The van der Waals surface area contributed by atoms with E-state index in [1.165, 1.54) is 15.6 Å². The summed E-state index contributed by atoms with van der Waals surface area (Å²) in [6.45, 7) is 4.75. The molecule has 0 spiro atoms. The van der Waals surface area contributed by atoms with Gasteiger partial charge >= 0.3 is 0 Å². The van der Waals surface area contributed by atoms with Crippen LogP contribution in [0.3, 0.4) is 0 Å². The number of rotatable bonds is 7. The molecule has 2 aromatic carbocycles. The number of thiophene rings is 1. The number of nitrogens with zero attached hydrogens (tertiary/aromatic N) is 1. The van der Waals surface area contributed by atoms with Crippen molar-refractivity contribution in [3.8, 4) is 5.75 Å². The monoisotopic (exact) mass is 433 g/mol. The molecule has 1 saturated heterocycles. The number of pyridine rings is 1. The van der Waals surface area contributed by atoms with Crippen molar-refractivity contribution in [1.82, 2.24) is 15.2 Å². The highest BCUT2D eigenvalue weighted by Gasteiger charge is 2.24. The summed E-state index contributed by atoms with van der Waals surface area (Å²) in [5, 5.41) is 8.09. The summed E-state index contributed by atoms with van der Waals surface area (Å²) in [6, 6.07) is 18.7. The molecule has 1 aliphatic rings. The molecule has 160 valence electrons. The average molecular weight is 434 g/mol. The van der Waals surface area contributed by atoms with Crippen LogP contribution in [0.5, 0.6) is 5.75 Å². The van der Waals surface area contributed by atoms with Crippen LogP contribution in [-0.2, 0) is 0 Å². The Morgan fingerprint density at radius 2 is 2.00 bits per heavy atom. The van der Waals surface area contributed by atoms with Crippen molar-refractivity contribution in [2.24, 2.45) is 0 Å². The van der Waals surface area contributed by atoms with Crippen LogP contribution in [0.25, 0.3) is 21.0 Å². The Labute approximate surface area is 185 Å². The van der Waals surface area contributed by atoms with Gasteiger partial charge in [0.1, 0.15) is 5.75 Å². The third kappa shape index (κ3) is 4.37. The quantitative estimate of drug-likeness (QED) is 0.420. The molecule has 4 aromatic rings. The van der Waals surface area contributed by atoms with Crippen LogP contribution in [0.2, 0.25) is 0 Å². The number of para-hydroxylation sites is 1.